The van der Waals surface area contributed by atoms with E-state index < -0.39 is 16.3 Å². The Balaban J connectivity index is 1.62. The molecule has 1 spiro atoms. The molecule has 0 aromatic heterocycles. The lowest BCUT2D eigenvalue weighted by atomic mass is 9.54. The van der Waals surface area contributed by atoms with Crippen LogP contribution in [-0.2, 0) is 14.3 Å². The van der Waals surface area contributed by atoms with Gasteiger partial charge in [0.15, 0.2) is 0 Å². The fourth-order valence-electron chi connectivity index (χ4n) is 3.13. The molecule has 2 fully saturated rings. The predicted molar refractivity (Wildman–Crippen MR) is 69.0 cm³/mol. The van der Waals surface area contributed by atoms with E-state index in [4.69, 9.17) is 4.18 Å². The molecule has 2 aliphatic rings. The van der Waals surface area contributed by atoms with E-state index in [0.29, 0.717) is 25.7 Å². The van der Waals surface area contributed by atoms with Crippen LogP contribution in [0.3, 0.4) is 0 Å². The second-order valence-corrected chi connectivity index (χ2v) is 7.47. The standard InChI is InChI=1S/C14H17FO3S/c1-10-2-4-13(5-3-10)19(16,17)18-12-8-14(9-12)6-11(15)7-14/h2-5,11-12H,6-9H2,1H3. The molecule has 5 heteroatoms. The van der Waals surface area contributed by atoms with Gasteiger partial charge >= 0.3 is 0 Å². The highest BCUT2D eigenvalue weighted by atomic mass is 32.2. The van der Waals surface area contributed by atoms with Crippen molar-refractivity contribution < 1.29 is 17.0 Å². The summed E-state index contributed by atoms with van der Waals surface area (Å²) in [6.07, 6.45) is 1.49. The zero-order valence-electron chi connectivity index (χ0n) is 10.8. The van der Waals surface area contributed by atoms with Gasteiger partial charge in [0.25, 0.3) is 10.1 Å². The summed E-state index contributed by atoms with van der Waals surface area (Å²) < 4.78 is 42.1. The average Bonchev–Trinajstić information content (AvgIpc) is 2.24. The molecule has 1 aromatic rings. The number of hydrogen-bond acceptors (Lipinski definition) is 3. The van der Waals surface area contributed by atoms with Crippen LogP contribution in [0.2, 0.25) is 0 Å². The summed E-state index contributed by atoms with van der Waals surface area (Å²) in [6, 6.07) is 6.61. The number of aryl methyl sites for hydroxylation is 1. The molecule has 0 N–H and O–H groups in total. The van der Waals surface area contributed by atoms with Crippen molar-refractivity contribution in [2.24, 2.45) is 5.41 Å². The summed E-state index contributed by atoms with van der Waals surface area (Å²) in [4.78, 5) is 0.191. The van der Waals surface area contributed by atoms with Gasteiger partial charge in [-0.2, -0.15) is 8.42 Å². The zero-order chi connectivity index (χ0) is 13.7. The Morgan fingerprint density at radius 2 is 1.74 bits per heavy atom. The fourth-order valence-corrected chi connectivity index (χ4v) is 4.20. The first-order valence-corrected chi connectivity index (χ1v) is 7.93. The van der Waals surface area contributed by atoms with Crippen molar-refractivity contribution in [1.29, 1.82) is 0 Å². The maximum absolute atomic E-state index is 12.8. The number of hydrogen-bond donors (Lipinski definition) is 0. The summed E-state index contributed by atoms with van der Waals surface area (Å²) in [5.74, 6) is 0. The van der Waals surface area contributed by atoms with Gasteiger partial charge in [0.05, 0.1) is 11.0 Å². The Bertz CT molecular complexity index is 565. The van der Waals surface area contributed by atoms with E-state index in [1.54, 1.807) is 24.3 Å². The summed E-state index contributed by atoms with van der Waals surface area (Å²) in [5, 5.41) is 0. The van der Waals surface area contributed by atoms with Gasteiger partial charge in [-0.25, -0.2) is 4.39 Å². The van der Waals surface area contributed by atoms with Crippen molar-refractivity contribution >= 4 is 10.1 Å². The van der Waals surface area contributed by atoms with Crippen LogP contribution in [0.25, 0.3) is 0 Å². The van der Waals surface area contributed by atoms with Crippen LogP contribution in [-0.4, -0.2) is 20.7 Å². The van der Waals surface area contributed by atoms with Crippen molar-refractivity contribution in [3.8, 4) is 0 Å². The average molecular weight is 284 g/mol. The molecule has 2 saturated carbocycles. The molecular weight excluding hydrogens is 267 g/mol. The van der Waals surface area contributed by atoms with E-state index in [0.717, 1.165) is 5.56 Å². The minimum atomic E-state index is -3.68. The van der Waals surface area contributed by atoms with Crippen molar-refractivity contribution in [3.05, 3.63) is 29.8 Å². The summed E-state index contributed by atoms with van der Waals surface area (Å²) in [6.45, 7) is 1.90. The molecule has 0 atom stereocenters. The van der Waals surface area contributed by atoms with Crippen LogP contribution in [0, 0.1) is 12.3 Å². The maximum atomic E-state index is 12.8. The van der Waals surface area contributed by atoms with Crippen molar-refractivity contribution in [2.45, 2.75) is 49.8 Å². The van der Waals surface area contributed by atoms with Gasteiger partial charge in [-0.15, -0.1) is 0 Å². The molecule has 0 aliphatic heterocycles. The van der Waals surface area contributed by atoms with E-state index in [-0.39, 0.29) is 16.4 Å². The van der Waals surface area contributed by atoms with Crippen LogP contribution in [0.15, 0.2) is 29.2 Å². The highest BCUT2D eigenvalue weighted by molar-refractivity contribution is 7.86. The molecule has 1 aromatic carbocycles. The lowest BCUT2D eigenvalue weighted by Crippen LogP contribution is -2.52. The van der Waals surface area contributed by atoms with E-state index in [1.165, 1.54) is 0 Å². The van der Waals surface area contributed by atoms with Crippen LogP contribution >= 0.6 is 0 Å². The van der Waals surface area contributed by atoms with Crippen LogP contribution < -0.4 is 0 Å². The minimum absolute atomic E-state index is 0.0346. The quantitative estimate of drug-likeness (QED) is 0.801. The minimum Gasteiger partial charge on any atom is -0.263 e. The summed E-state index contributed by atoms with van der Waals surface area (Å²) >= 11 is 0. The van der Waals surface area contributed by atoms with Gasteiger partial charge < -0.3 is 0 Å². The number of alkyl halides is 1. The number of halogens is 1. The first kappa shape index (κ1) is 13.1. The first-order chi connectivity index (χ1) is 8.89. The van der Waals surface area contributed by atoms with Crippen LogP contribution in [0.5, 0.6) is 0 Å². The molecule has 104 valence electrons. The van der Waals surface area contributed by atoms with Crippen LogP contribution in [0.1, 0.15) is 31.2 Å². The number of rotatable bonds is 3. The van der Waals surface area contributed by atoms with Crippen molar-refractivity contribution in [1.82, 2.24) is 0 Å². The molecule has 3 rings (SSSR count). The molecule has 0 bridgehead atoms. The molecular formula is C14H17FO3S. The first-order valence-electron chi connectivity index (χ1n) is 6.53. The lowest BCUT2D eigenvalue weighted by molar-refractivity contribution is -0.105. The topological polar surface area (TPSA) is 43.4 Å². The highest BCUT2D eigenvalue weighted by Crippen LogP contribution is 2.58. The fraction of sp³-hybridized carbons (Fsp3) is 0.571. The van der Waals surface area contributed by atoms with Crippen molar-refractivity contribution in [3.63, 3.8) is 0 Å². The summed E-state index contributed by atoms with van der Waals surface area (Å²) in [7, 11) is -3.68. The van der Waals surface area contributed by atoms with Gasteiger partial charge in [0.1, 0.15) is 6.17 Å². The second kappa shape index (κ2) is 4.28. The Hall–Kier alpha value is -0.940. The lowest BCUT2D eigenvalue weighted by Gasteiger charge is -2.54. The Morgan fingerprint density at radius 1 is 1.16 bits per heavy atom. The van der Waals surface area contributed by atoms with E-state index in [1.807, 2.05) is 6.92 Å². The molecule has 19 heavy (non-hydrogen) atoms. The van der Waals surface area contributed by atoms with Gasteiger partial charge in [-0.3, -0.25) is 4.18 Å². The normalized spacial score (nSPS) is 33.8. The summed E-state index contributed by atoms with van der Waals surface area (Å²) in [5.41, 5.74) is 1.04. The Kier molecular flexibility index (Phi) is 2.94. The Labute approximate surface area is 112 Å². The number of benzene rings is 1. The predicted octanol–water partition coefficient (Wildman–Crippen LogP) is 2.98. The smallest absolute Gasteiger partial charge is 0.263 e. The van der Waals surface area contributed by atoms with Gasteiger partial charge in [0, 0.05) is 0 Å². The Morgan fingerprint density at radius 3 is 2.26 bits per heavy atom. The largest absolute Gasteiger partial charge is 0.297 e. The van der Waals surface area contributed by atoms with Gasteiger partial charge in [-0.1, -0.05) is 17.7 Å². The highest BCUT2D eigenvalue weighted by Gasteiger charge is 2.54. The molecule has 0 radical (unpaired) electrons. The third-order valence-electron chi connectivity index (χ3n) is 4.20. The SMILES string of the molecule is Cc1ccc(S(=O)(=O)OC2CC3(CC(F)C3)C2)cc1. The van der Waals surface area contributed by atoms with Gasteiger partial charge in [-0.05, 0) is 50.2 Å². The van der Waals surface area contributed by atoms with E-state index >= 15 is 0 Å². The van der Waals surface area contributed by atoms with Crippen molar-refractivity contribution in [2.75, 3.05) is 0 Å². The molecule has 3 nitrogen and oxygen atoms in total. The second-order valence-electron chi connectivity index (χ2n) is 5.90. The molecule has 0 saturated heterocycles. The van der Waals surface area contributed by atoms with Gasteiger partial charge in [0.2, 0.25) is 0 Å². The molecule has 2 aliphatic carbocycles. The maximum Gasteiger partial charge on any atom is 0.297 e. The van der Waals surface area contributed by atoms with E-state index in [2.05, 4.69) is 0 Å². The molecule has 0 heterocycles. The zero-order valence-corrected chi connectivity index (χ0v) is 11.6. The van der Waals surface area contributed by atoms with Crippen LogP contribution in [0.4, 0.5) is 4.39 Å². The third-order valence-corrected chi connectivity index (χ3v) is 5.58. The molecule has 0 unspecified atom stereocenters. The monoisotopic (exact) mass is 284 g/mol. The molecule has 0 amide bonds. The van der Waals surface area contributed by atoms with E-state index in [9.17, 15) is 12.8 Å². The third kappa shape index (κ3) is 2.41.